The van der Waals surface area contributed by atoms with Gasteiger partial charge in [0.1, 0.15) is 6.61 Å². The number of imide groups is 1. The molecule has 0 aromatic heterocycles. The summed E-state index contributed by atoms with van der Waals surface area (Å²) in [5.41, 5.74) is 2.22. The third kappa shape index (κ3) is 5.66. The van der Waals surface area contributed by atoms with Gasteiger partial charge in [0.15, 0.2) is 23.0 Å². The minimum Gasteiger partial charge on any atom is -0.490 e. The number of hydrogen-bond acceptors (Lipinski definition) is 7. The number of benzene rings is 3. The first-order valence-corrected chi connectivity index (χ1v) is 13.0. The highest BCUT2D eigenvalue weighted by molar-refractivity contribution is 8.18. The van der Waals surface area contributed by atoms with Crippen molar-refractivity contribution in [3.05, 3.63) is 86.2 Å². The fraction of sp³-hybridized carbons (Fsp3) is 0.185. The molecule has 5 rings (SSSR count). The average Bonchev–Trinajstić information content (AvgIpc) is 3.43. The molecule has 0 unspecified atom stereocenters. The maximum absolute atomic E-state index is 13.1. The molecular weight excluding hydrogens is 537 g/mol. The Morgan fingerprint density at radius 1 is 1.00 bits per heavy atom. The molecule has 2 aliphatic rings. The van der Waals surface area contributed by atoms with Crippen molar-refractivity contribution in [2.24, 2.45) is 0 Å². The molecule has 0 radical (unpaired) electrons. The first kappa shape index (κ1) is 25.3. The van der Waals surface area contributed by atoms with Gasteiger partial charge in [0, 0.05) is 16.1 Å². The smallest absolute Gasteiger partial charge is 0.293 e. The maximum atomic E-state index is 13.1. The van der Waals surface area contributed by atoms with Crippen molar-refractivity contribution in [2.45, 2.75) is 20.1 Å². The molecular formula is C27H21Cl2NO6S. The Morgan fingerprint density at radius 2 is 1.81 bits per heavy atom. The minimum absolute atomic E-state index is 0.0258. The number of thioether (sulfide) groups is 1. The molecule has 0 atom stereocenters. The Kier molecular flexibility index (Phi) is 7.50. The molecule has 0 saturated carbocycles. The first-order chi connectivity index (χ1) is 17.9. The van der Waals surface area contributed by atoms with Gasteiger partial charge in [-0.2, -0.15) is 0 Å². The molecule has 2 heterocycles. The predicted octanol–water partition coefficient (Wildman–Crippen LogP) is 6.94. The number of ether oxygens (including phenoxy) is 4. The summed E-state index contributed by atoms with van der Waals surface area (Å²) in [6.07, 6.45) is 1.66. The van der Waals surface area contributed by atoms with E-state index in [1.165, 1.54) is 0 Å². The van der Waals surface area contributed by atoms with Crippen LogP contribution in [-0.2, 0) is 17.9 Å². The van der Waals surface area contributed by atoms with E-state index in [4.69, 9.17) is 42.1 Å². The van der Waals surface area contributed by atoms with E-state index >= 15 is 0 Å². The van der Waals surface area contributed by atoms with Gasteiger partial charge in [0.05, 0.1) is 18.1 Å². The van der Waals surface area contributed by atoms with Gasteiger partial charge in [-0.15, -0.1) is 0 Å². The van der Waals surface area contributed by atoms with E-state index in [2.05, 4.69) is 0 Å². The molecule has 0 bridgehead atoms. The third-order valence-corrected chi connectivity index (χ3v) is 7.09. The van der Waals surface area contributed by atoms with Gasteiger partial charge in [0.2, 0.25) is 6.79 Å². The molecule has 190 valence electrons. The van der Waals surface area contributed by atoms with Crippen LogP contribution in [0, 0.1) is 0 Å². The summed E-state index contributed by atoms with van der Waals surface area (Å²) in [7, 11) is 0. The molecule has 1 saturated heterocycles. The standard InChI is InChI=1S/C27H21Cl2NO6S/c1-2-33-22-9-16(6-7-21(22)34-14-17-4-3-5-19(28)8-17)10-25-26(31)30(27(32)37-25)13-18-11-23-24(12-20(18)29)36-15-35-23/h3-12H,2,13-15H2,1H3/b25-10-. The molecule has 0 aliphatic carbocycles. The summed E-state index contributed by atoms with van der Waals surface area (Å²) in [5.74, 6) is 1.76. The molecule has 0 spiro atoms. The number of amides is 2. The molecule has 3 aromatic carbocycles. The zero-order valence-corrected chi connectivity index (χ0v) is 22.0. The van der Waals surface area contributed by atoms with Crippen molar-refractivity contribution < 1.29 is 28.5 Å². The maximum Gasteiger partial charge on any atom is 0.293 e. The summed E-state index contributed by atoms with van der Waals surface area (Å²) < 4.78 is 22.4. The molecule has 2 aliphatic heterocycles. The van der Waals surface area contributed by atoms with E-state index in [1.807, 2.05) is 25.1 Å². The van der Waals surface area contributed by atoms with Crippen LogP contribution in [0.3, 0.4) is 0 Å². The van der Waals surface area contributed by atoms with Gasteiger partial charge >= 0.3 is 0 Å². The average molecular weight is 558 g/mol. The van der Waals surface area contributed by atoms with Crippen LogP contribution in [0.15, 0.2) is 59.5 Å². The highest BCUT2D eigenvalue weighted by Gasteiger charge is 2.35. The van der Waals surface area contributed by atoms with Crippen molar-refractivity contribution >= 4 is 52.2 Å². The topological polar surface area (TPSA) is 74.3 Å². The van der Waals surface area contributed by atoms with E-state index in [-0.39, 0.29) is 18.6 Å². The molecule has 1 fully saturated rings. The van der Waals surface area contributed by atoms with E-state index in [9.17, 15) is 9.59 Å². The van der Waals surface area contributed by atoms with Crippen molar-refractivity contribution in [3.63, 3.8) is 0 Å². The van der Waals surface area contributed by atoms with Crippen molar-refractivity contribution in [1.82, 2.24) is 4.90 Å². The lowest BCUT2D eigenvalue weighted by molar-refractivity contribution is -0.123. The Labute approximate surface area is 227 Å². The molecule has 2 amide bonds. The van der Waals surface area contributed by atoms with E-state index < -0.39 is 5.91 Å². The largest absolute Gasteiger partial charge is 0.490 e. The first-order valence-electron chi connectivity index (χ1n) is 11.4. The highest BCUT2D eigenvalue weighted by Crippen LogP contribution is 2.40. The SMILES string of the molecule is CCOc1cc(/C=C2\SC(=O)N(Cc3cc4c(cc3Cl)OCO4)C2=O)ccc1OCc1cccc(Cl)c1. The molecule has 37 heavy (non-hydrogen) atoms. The van der Waals surface area contributed by atoms with Gasteiger partial charge in [0.25, 0.3) is 11.1 Å². The van der Waals surface area contributed by atoms with Crippen molar-refractivity contribution in [1.29, 1.82) is 0 Å². The van der Waals surface area contributed by atoms with Crippen LogP contribution in [0.4, 0.5) is 4.79 Å². The van der Waals surface area contributed by atoms with Crippen LogP contribution in [0.2, 0.25) is 10.0 Å². The summed E-state index contributed by atoms with van der Waals surface area (Å²) in [6.45, 7) is 2.76. The summed E-state index contributed by atoms with van der Waals surface area (Å²) in [6, 6.07) is 16.1. The van der Waals surface area contributed by atoms with Gasteiger partial charge < -0.3 is 18.9 Å². The number of carbonyl (C=O) groups excluding carboxylic acids is 2. The van der Waals surface area contributed by atoms with Crippen molar-refractivity contribution in [3.8, 4) is 23.0 Å². The normalized spacial score (nSPS) is 15.5. The van der Waals surface area contributed by atoms with Gasteiger partial charge in [-0.1, -0.05) is 41.4 Å². The minimum atomic E-state index is -0.400. The monoisotopic (exact) mass is 557 g/mol. The molecule has 7 nitrogen and oxygen atoms in total. The van der Waals surface area contributed by atoms with Crippen molar-refractivity contribution in [2.75, 3.05) is 13.4 Å². The lowest BCUT2D eigenvalue weighted by Crippen LogP contribution is -2.27. The highest BCUT2D eigenvalue weighted by atomic mass is 35.5. The van der Waals surface area contributed by atoms with Gasteiger partial charge in [-0.3, -0.25) is 14.5 Å². The number of carbonyl (C=O) groups is 2. The second-order valence-electron chi connectivity index (χ2n) is 8.12. The fourth-order valence-corrected chi connectivity index (χ4v) is 5.09. The lowest BCUT2D eigenvalue weighted by atomic mass is 10.1. The number of nitrogens with zero attached hydrogens (tertiary/aromatic N) is 1. The predicted molar refractivity (Wildman–Crippen MR) is 142 cm³/mol. The summed E-state index contributed by atoms with van der Waals surface area (Å²) >= 11 is 13.3. The molecule has 0 N–H and O–H groups in total. The number of halogens is 2. The fourth-order valence-electron chi connectivity index (χ4n) is 3.83. The van der Waals surface area contributed by atoms with Crippen LogP contribution in [0.25, 0.3) is 6.08 Å². The zero-order chi connectivity index (χ0) is 25.9. The lowest BCUT2D eigenvalue weighted by Gasteiger charge is -2.14. The van der Waals surface area contributed by atoms with E-state index in [0.717, 1.165) is 22.2 Å². The molecule has 3 aromatic rings. The number of hydrogen-bond donors (Lipinski definition) is 0. The van der Waals surface area contributed by atoms with E-state index in [0.29, 0.717) is 62.3 Å². The third-order valence-electron chi connectivity index (χ3n) is 5.59. The summed E-state index contributed by atoms with van der Waals surface area (Å²) in [4.78, 5) is 27.2. The van der Waals surface area contributed by atoms with Gasteiger partial charge in [-0.05, 0) is 71.8 Å². The second-order valence-corrected chi connectivity index (χ2v) is 9.96. The zero-order valence-electron chi connectivity index (χ0n) is 19.7. The van der Waals surface area contributed by atoms with Crippen LogP contribution >= 0.6 is 35.0 Å². The Morgan fingerprint density at radius 3 is 2.59 bits per heavy atom. The van der Waals surface area contributed by atoms with Crippen LogP contribution < -0.4 is 18.9 Å². The number of rotatable bonds is 8. The Bertz CT molecular complexity index is 1410. The quantitative estimate of drug-likeness (QED) is 0.278. The van der Waals surface area contributed by atoms with E-state index in [1.54, 1.807) is 42.5 Å². The Hall–Kier alpha value is -3.33. The molecule has 10 heteroatoms. The van der Waals surface area contributed by atoms with Gasteiger partial charge in [-0.25, -0.2) is 0 Å². The van der Waals surface area contributed by atoms with Crippen LogP contribution in [0.1, 0.15) is 23.6 Å². The van der Waals surface area contributed by atoms with Crippen LogP contribution in [0.5, 0.6) is 23.0 Å². The van der Waals surface area contributed by atoms with Crippen LogP contribution in [-0.4, -0.2) is 29.4 Å². The second kappa shape index (κ2) is 11.0. The Balaban J connectivity index is 1.32. The summed E-state index contributed by atoms with van der Waals surface area (Å²) in [5, 5.41) is 0.648. The number of fused-ring (bicyclic) bond motifs is 1.